The molecule has 1 aromatic carbocycles. The van der Waals surface area contributed by atoms with Gasteiger partial charge in [0.2, 0.25) is 5.91 Å². The third-order valence-corrected chi connectivity index (χ3v) is 4.96. The van der Waals surface area contributed by atoms with Crippen LogP contribution in [0.2, 0.25) is 5.02 Å². The zero-order chi connectivity index (χ0) is 18.4. The summed E-state index contributed by atoms with van der Waals surface area (Å²) in [5.41, 5.74) is 1.11. The van der Waals surface area contributed by atoms with Crippen LogP contribution in [0.5, 0.6) is 0 Å². The molecule has 1 saturated carbocycles. The molecule has 0 radical (unpaired) electrons. The van der Waals surface area contributed by atoms with Crippen molar-refractivity contribution >= 4 is 29.1 Å². The molecule has 1 aromatic rings. The summed E-state index contributed by atoms with van der Waals surface area (Å²) in [5.74, 6) is -0.0520. The minimum Gasteiger partial charge on any atom is -0.375 e. The van der Waals surface area contributed by atoms with Crippen molar-refractivity contribution in [3.8, 4) is 0 Å². The summed E-state index contributed by atoms with van der Waals surface area (Å²) in [6, 6.07) is 5.42. The van der Waals surface area contributed by atoms with Gasteiger partial charge in [-0.1, -0.05) is 30.9 Å². The Balaban J connectivity index is 2.07. The zero-order valence-corrected chi connectivity index (χ0v) is 16.1. The molecule has 1 aliphatic carbocycles. The molecule has 6 heteroatoms. The van der Waals surface area contributed by atoms with Crippen LogP contribution in [0.4, 0.5) is 5.69 Å². The van der Waals surface area contributed by atoms with Gasteiger partial charge in [0.1, 0.15) is 0 Å². The summed E-state index contributed by atoms with van der Waals surface area (Å²) in [7, 11) is 3.40. The van der Waals surface area contributed by atoms with E-state index >= 15 is 0 Å². The second-order valence-electron chi connectivity index (χ2n) is 6.71. The molecule has 0 aliphatic heterocycles. The van der Waals surface area contributed by atoms with E-state index in [9.17, 15) is 9.59 Å². The van der Waals surface area contributed by atoms with Gasteiger partial charge in [0.05, 0.1) is 12.1 Å². The van der Waals surface area contributed by atoms with E-state index in [0.717, 1.165) is 12.8 Å². The maximum Gasteiger partial charge on any atom is 0.255 e. The smallest absolute Gasteiger partial charge is 0.255 e. The fourth-order valence-corrected chi connectivity index (χ4v) is 3.57. The van der Waals surface area contributed by atoms with Gasteiger partial charge in [0.15, 0.2) is 0 Å². The monoisotopic (exact) mass is 365 g/mol. The Labute approximate surface area is 155 Å². The van der Waals surface area contributed by atoms with Gasteiger partial charge < -0.3 is 15.1 Å². The van der Waals surface area contributed by atoms with E-state index in [1.165, 1.54) is 24.2 Å². The quantitative estimate of drug-likeness (QED) is 0.837. The van der Waals surface area contributed by atoms with Crippen molar-refractivity contribution < 1.29 is 9.59 Å². The number of benzene rings is 1. The van der Waals surface area contributed by atoms with Crippen LogP contribution in [0, 0.1) is 0 Å². The first kappa shape index (κ1) is 19.6. The summed E-state index contributed by atoms with van der Waals surface area (Å²) in [4.78, 5) is 28.5. The van der Waals surface area contributed by atoms with Gasteiger partial charge >= 0.3 is 0 Å². The van der Waals surface area contributed by atoms with Gasteiger partial charge in [-0.15, -0.1) is 0 Å². The number of likely N-dealkylation sites (N-methyl/N-ethyl adjacent to an activating group) is 1. The lowest BCUT2D eigenvalue weighted by molar-refractivity contribution is -0.132. The fourth-order valence-electron chi connectivity index (χ4n) is 3.39. The third kappa shape index (κ3) is 5.11. The molecule has 0 bridgehead atoms. The molecule has 0 atom stereocenters. The zero-order valence-electron chi connectivity index (χ0n) is 15.3. The van der Waals surface area contributed by atoms with E-state index in [1.54, 1.807) is 32.3 Å². The van der Waals surface area contributed by atoms with Crippen molar-refractivity contribution in [2.45, 2.75) is 45.1 Å². The third-order valence-electron chi connectivity index (χ3n) is 4.72. The summed E-state index contributed by atoms with van der Waals surface area (Å²) < 4.78 is 0. The number of hydrogen-bond donors (Lipinski definition) is 1. The Morgan fingerprint density at radius 2 is 1.88 bits per heavy atom. The number of hydrogen-bond acceptors (Lipinski definition) is 3. The second kappa shape index (κ2) is 9.09. The Morgan fingerprint density at radius 1 is 1.20 bits per heavy atom. The number of anilines is 1. The molecule has 1 aliphatic rings. The van der Waals surface area contributed by atoms with Crippen molar-refractivity contribution in [1.82, 2.24) is 9.80 Å². The van der Waals surface area contributed by atoms with Crippen LogP contribution in [-0.4, -0.2) is 54.8 Å². The minimum absolute atomic E-state index is 0.0672. The summed E-state index contributed by atoms with van der Waals surface area (Å²) >= 11 is 6.07. The molecule has 1 N–H and O–H groups in total. The highest BCUT2D eigenvalue weighted by Gasteiger charge is 2.24. The van der Waals surface area contributed by atoms with Gasteiger partial charge in [0.25, 0.3) is 5.91 Å². The topological polar surface area (TPSA) is 52.7 Å². The normalized spacial score (nSPS) is 14.9. The lowest BCUT2D eigenvalue weighted by atomic mass is 9.94. The standard InChI is InChI=1S/C19H28ClN3O2/c1-4-23(15-8-6-5-7-9-15)18(24)13-21-17-12-14(20)10-11-16(17)19(25)22(2)3/h10-12,15,21H,4-9,13H2,1-3H3. The van der Waals surface area contributed by atoms with Gasteiger partial charge in [-0.2, -0.15) is 0 Å². The molecule has 25 heavy (non-hydrogen) atoms. The fraction of sp³-hybridized carbons (Fsp3) is 0.579. The van der Waals surface area contributed by atoms with Crippen LogP contribution in [0.15, 0.2) is 18.2 Å². The average molecular weight is 366 g/mol. The molecule has 0 aromatic heterocycles. The average Bonchev–Trinajstić information content (AvgIpc) is 2.61. The van der Waals surface area contributed by atoms with Gasteiger partial charge in [-0.3, -0.25) is 9.59 Å². The Hall–Kier alpha value is -1.75. The van der Waals surface area contributed by atoms with Gasteiger partial charge in [-0.25, -0.2) is 0 Å². The van der Waals surface area contributed by atoms with E-state index in [-0.39, 0.29) is 18.4 Å². The molecule has 0 saturated heterocycles. The summed E-state index contributed by atoms with van der Waals surface area (Å²) in [6.07, 6.45) is 5.82. The number of amides is 2. The largest absolute Gasteiger partial charge is 0.375 e. The van der Waals surface area contributed by atoms with Gasteiger partial charge in [-0.05, 0) is 38.0 Å². The SMILES string of the molecule is CCN(C(=O)CNc1cc(Cl)ccc1C(=O)N(C)C)C1CCCCC1. The molecule has 2 amide bonds. The molecule has 0 spiro atoms. The van der Waals surface area contributed by atoms with Crippen LogP contribution in [0.1, 0.15) is 49.4 Å². The highest BCUT2D eigenvalue weighted by atomic mass is 35.5. The predicted octanol–water partition coefficient (Wildman–Crippen LogP) is 3.63. The molecule has 0 unspecified atom stereocenters. The van der Waals surface area contributed by atoms with Crippen LogP contribution in [0.3, 0.4) is 0 Å². The molecule has 5 nitrogen and oxygen atoms in total. The lowest BCUT2D eigenvalue weighted by Crippen LogP contribution is -2.44. The van der Waals surface area contributed by atoms with E-state index < -0.39 is 0 Å². The number of nitrogens with zero attached hydrogens (tertiary/aromatic N) is 2. The Morgan fingerprint density at radius 3 is 2.48 bits per heavy atom. The predicted molar refractivity (Wildman–Crippen MR) is 102 cm³/mol. The first-order valence-corrected chi connectivity index (χ1v) is 9.36. The number of rotatable bonds is 6. The van der Waals surface area contributed by atoms with Crippen LogP contribution >= 0.6 is 11.6 Å². The maximum absolute atomic E-state index is 12.7. The van der Waals surface area contributed by atoms with Crippen molar-refractivity contribution in [2.75, 3.05) is 32.5 Å². The number of halogens is 1. The molecular weight excluding hydrogens is 338 g/mol. The first-order valence-electron chi connectivity index (χ1n) is 8.98. The molecular formula is C19H28ClN3O2. The number of carbonyl (C=O) groups excluding carboxylic acids is 2. The van der Waals surface area contributed by atoms with E-state index in [1.807, 2.05) is 11.8 Å². The highest BCUT2D eigenvalue weighted by Crippen LogP contribution is 2.24. The molecule has 1 fully saturated rings. The van der Waals surface area contributed by atoms with Crippen LogP contribution < -0.4 is 5.32 Å². The first-order chi connectivity index (χ1) is 11.9. The van der Waals surface area contributed by atoms with Crippen molar-refractivity contribution in [1.29, 1.82) is 0 Å². The number of nitrogens with one attached hydrogen (secondary N) is 1. The second-order valence-corrected chi connectivity index (χ2v) is 7.15. The summed E-state index contributed by atoms with van der Waals surface area (Å²) in [5, 5.41) is 3.65. The van der Waals surface area contributed by atoms with Crippen LogP contribution in [0.25, 0.3) is 0 Å². The highest BCUT2D eigenvalue weighted by molar-refractivity contribution is 6.31. The number of carbonyl (C=O) groups is 2. The molecule has 2 rings (SSSR count). The maximum atomic E-state index is 12.7. The van der Waals surface area contributed by atoms with E-state index in [0.29, 0.717) is 28.9 Å². The van der Waals surface area contributed by atoms with Crippen LogP contribution in [-0.2, 0) is 4.79 Å². The summed E-state index contributed by atoms with van der Waals surface area (Å²) in [6.45, 7) is 2.90. The van der Waals surface area contributed by atoms with Crippen molar-refractivity contribution in [2.24, 2.45) is 0 Å². The lowest BCUT2D eigenvalue weighted by Gasteiger charge is -2.33. The van der Waals surface area contributed by atoms with E-state index in [4.69, 9.17) is 11.6 Å². The Bertz CT molecular complexity index is 613. The molecule has 138 valence electrons. The minimum atomic E-state index is -0.119. The molecule has 0 heterocycles. The van der Waals surface area contributed by atoms with Gasteiger partial charge in [0, 0.05) is 37.4 Å². The van der Waals surface area contributed by atoms with Crippen molar-refractivity contribution in [3.05, 3.63) is 28.8 Å². The Kier molecular flexibility index (Phi) is 7.12. The van der Waals surface area contributed by atoms with E-state index in [2.05, 4.69) is 5.32 Å². The van der Waals surface area contributed by atoms with Crippen molar-refractivity contribution in [3.63, 3.8) is 0 Å².